The lowest BCUT2D eigenvalue weighted by Crippen LogP contribution is -2.29. The highest BCUT2D eigenvalue weighted by Gasteiger charge is 2.28. The van der Waals surface area contributed by atoms with E-state index in [0.29, 0.717) is 18.8 Å². The first-order valence-electron chi connectivity index (χ1n) is 7.72. The summed E-state index contributed by atoms with van der Waals surface area (Å²) in [6.45, 7) is 0.590. The SMILES string of the molecule is N[P@@](=O)(ON=C(c1ccccc1)c1ccccc1)N(CCCl)CCCl. The van der Waals surface area contributed by atoms with E-state index in [4.69, 9.17) is 33.3 Å². The predicted octanol–water partition coefficient (Wildman–Crippen LogP) is 4.30. The standard InChI is InChI=1S/C17H20Cl2N3O2P/c18-11-13-22(14-12-19)25(20,23)24-21-17(15-7-3-1-4-8-15)16-9-5-2-6-10-16/h1-10H,11-14H2,(H2,20,23)/t25-/m1/s1. The fourth-order valence-electron chi connectivity index (χ4n) is 2.20. The molecule has 0 amide bonds. The van der Waals surface area contributed by atoms with Crippen LogP contribution < -0.4 is 5.50 Å². The zero-order chi connectivity index (χ0) is 18.1. The molecule has 0 spiro atoms. The summed E-state index contributed by atoms with van der Waals surface area (Å²) in [6, 6.07) is 19.0. The number of benzene rings is 2. The molecule has 0 fully saturated rings. The molecule has 0 saturated carbocycles. The Kier molecular flexibility index (Phi) is 7.94. The maximum atomic E-state index is 12.7. The van der Waals surface area contributed by atoms with Crippen molar-refractivity contribution in [3.63, 3.8) is 0 Å². The van der Waals surface area contributed by atoms with Gasteiger partial charge in [0.15, 0.2) is 0 Å². The molecular formula is C17H20Cl2N3O2P. The second-order valence-corrected chi connectivity index (χ2v) is 7.76. The third-order valence-electron chi connectivity index (χ3n) is 3.42. The lowest BCUT2D eigenvalue weighted by molar-refractivity contribution is 0.279. The molecule has 0 aliphatic heterocycles. The van der Waals surface area contributed by atoms with Crippen LogP contribution in [0, 0.1) is 0 Å². The molecule has 2 rings (SSSR count). The second-order valence-electron chi connectivity index (χ2n) is 5.15. The van der Waals surface area contributed by atoms with Gasteiger partial charge >= 0.3 is 7.67 Å². The Morgan fingerprint density at radius 1 is 0.960 bits per heavy atom. The average Bonchev–Trinajstić information content (AvgIpc) is 2.63. The number of nitrogens with two attached hydrogens (primary N) is 1. The van der Waals surface area contributed by atoms with Gasteiger partial charge in [-0.3, -0.25) is 0 Å². The Balaban J connectivity index is 2.33. The summed E-state index contributed by atoms with van der Waals surface area (Å²) >= 11 is 11.5. The first-order valence-corrected chi connectivity index (χ1v) is 10.4. The topological polar surface area (TPSA) is 67.9 Å². The molecule has 0 aliphatic rings. The Morgan fingerprint density at radius 3 is 1.80 bits per heavy atom. The minimum absolute atomic E-state index is 0.259. The van der Waals surface area contributed by atoms with Gasteiger partial charge in [-0.25, -0.2) is 14.7 Å². The monoisotopic (exact) mass is 399 g/mol. The summed E-state index contributed by atoms with van der Waals surface area (Å²) in [5, 5.41) is 4.12. The Labute approximate surface area is 157 Å². The summed E-state index contributed by atoms with van der Waals surface area (Å²) in [7, 11) is -3.65. The van der Waals surface area contributed by atoms with E-state index in [2.05, 4.69) is 5.16 Å². The zero-order valence-corrected chi connectivity index (χ0v) is 16.0. The molecule has 0 heterocycles. The van der Waals surface area contributed by atoms with Crippen LogP contribution in [0.5, 0.6) is 0 Å². The molecule has 2 N–H and O–H groups in total. The first-order chi connectivity index (χ1) is 12.1. The normalized spacial score (nSPS) is 13.3. The third kappa shape index (κ3) is 5.84. The summed E-state index contributed by atoms with van der Waals surface area (Å²) in [5.41, 5.74) is 8.07. The molecule has 2 aromatic carbocycles. The number of rotatable bonds is 9. The Hall–Kier alpha value is -1.36. The number of alkyl halides is 2. The molecule has 5 nitrogen and oxygen atoms in total. The van der Waals surface area contributed by atoms with Gasteiger partial charge in [0.25, 0.3) is 0 Å². The smallest absolute Gasteiger partial charge is 0.311 e. The zero-order valence-electron chi connectivity index (χ0n) is 13.6. The van der Waals surface area contributed by atoms with Crippen LogP contribution in [0.25, 0.3) is 0 Å². The van der Waals surface area contributed by atoms with Crippen molar-refractivity contribution in [2.45, 2.75) is 0 Å². The Bertz CT molecular complexity index is 682. The molecule has 0 saturated heterocycles. The fraction of sp³-hybridized carbons (Fsp3) is 0.235. The van der Waals surface area contributed by atoms with E-state index in [1.807, 2.05) is 60.7 Å². The lowest BCUT2D eigenvalue weighted by Gasteiger charge is -2.24. The van der Waals surface area contributed by atoms with E-state index in [1.54, 1.807) is 0 Å². The highest BCUT2D eigenvalue weighted by atomic mass is 35.5. The van der Waals surface area contributed by atoms with Crippen molar-refractivity contribution >= 4 is 36.6 Å². The molecule has 0 unspecified atom stereocenters. The van der Waals surface area contributed by atoms with Gasteiger partial charge in [-0.2, -0.15) is 0 Å². The molecule has 0 aromatic heterocycles. The van der Waals surface area contributed by atoms with Crippen LogP contribution in [-0.4, -0.2) is 35.2 Å². The van der Waals surface area contributed by atoms with Crippen molar-refractivity contribution in [1.82, 2.24) is 4.67 Å². The Morgan fingerprint density at radius 2 is 1.40 bits per heavy atom. The number of hydrogen-bond donors (Lipinski definition) is 1. The second kappa shape index (κ2) is 9.95. The fourth-order valence-corrected chi connectivity index (χ4v) is 3.90. The van der Waals surface area contributed by atoms with Gasteiger partial charge in [-0.1, -0.05) is 65.8 Å². The largest absolute Gasteiger partial charge is 0.411 e. The number of nitrogens with zero attached hydrogens (tertiary/aromatic N) is 2. The van der Waals surface area contributed by atoms with Crippen LogP contribution in [0.15, 0.2) is 65.8 Å². The van der Waals surface area contributed by atoms with Crippen LogP contribution in [-0.2, 0) is 9.19 Å². The lowest BCUT2D eigenvalue weighted by atomic mass is 10.0. The van der Waals surface area contributed by atoms with E-state index >= 15 is 0 Å². The van der Waals surface area contributed by atoms with Crippen LogP contribution in [0.3, 0.4) is 0 Å². The van der Waals surface area contributed by atoms with Gasteiger partial charge in [0, 0.05) is 36.0 Å². The van der Waals surface area contributed by atoms with E-state index in [-0.39, 0.29) is 11.8 Å². The quantitative estimate of drug-likeness (QED) is 0.295. The molecule has 0 aliphatic carbocycles. The van der Waals surface area contributed by atoms with Gasteiger partial charge in [0.1, 0.15) is 5.71 Å². The molecule has 1 atom stereocenters. The molecule has 134 valence electrons. The predicted molar refractivity (Wildman–Crippen MR) is 104 cm³/mol. The van der Waals surface area contributed by atoms with E-state index in [9.17, 15) is 4.57 Å². The van der Waals surface area contributed by atoms with E-state index < -0.39 is 7.67 Å². The molecule has 0 radical (unpaired) electrons. The van der Waals surface area contributed by atoms with Crippen LogP contribution in [0.2, 0.25) is 0 Å². The van der Waals surface area contributed by atoms with Gasteiger partial charge in [0.05, 0.1) is 0 Å². The van der Waals surface area contributed by atoms with Crippen molar-refractivity contribution in [3.05, 3.63) is 71.8 Å². The van der Waals surface area contributed by atoms with E-state index in [0.717, 1.165) is 11.1 Å². The maximum absolute atomic E-state index is 12.7. The van der Waals surface area contributed by atoms with Crippen molar-refractivity contribution in [3.8, 4) is 0 Å². The highest BCUT2D eigenvalue weighted by molar-refractivity contribution is 7.53. The number of hydrogen-bond acceptors (Lipinski definition) is 3. The van der Waals surface area contributed by atoms with Gasteiger partial charge in [0.2, 0.25) is 0 Å². The molecule has 2 aromatic rings. The van der Waals surface area contributed by atoms with Gasteiger partial charge in [-0.05, 0) is 0 Å². The first kappa shape index (κ1) is 20.0. The summed E-state index contributed by atoms with van der Waals surface area (Å²) in [5.74, 6) is 0.519. The third-order valence-corrected chi connectivity index (χ3v) is 5.27. The van der Waals surface area contributed by atoms with Crippen molar-refractivity contribution in [1.29, 1.82) is 0 Å². The average molecular weight is 400 g/mol. The van der Waals surface area contributed by atoms with Crippen LogP contribution >= 0.6 is 30.9 Å². The number of oxime groups is 1. The van der Waals surface area contributed by atoms with Crippen molar-refractivity contribution in [2.24, 2.45) is 10.7 Å². The molecule has 0 bridgehead atoms. The molecule has 25 heavy (non-hydrogen) atoms. The van der Waals surface area contributed by atoms with Crippen LogP contribution in [0.1, 0.15) is 11.1 Å². The summed E-state index contributed by atoms with van der Waals surface area (Å²) in [4.78, 5) is 0. The molecule has 8 heteroatoms. The van der Waals surface area contributed by atoms with Gasteiger partial charge in [-0.15, -0.1) is 23.2 Å². The maximum Gasteiger partial charge on any atom is 0.411 e. The van der Waals surface area contributed by atoms with Crippen molar-refractivity contribution in [2.75, 3.05) is 24.8 Å². The van der Waals surface area contributed by atoms with Crippen LogP contribution in [0.4, 0.5) is 0 Å². The number of halogens is 2. The van der Waals surface area contributed by atoms with Gasteiger partial charge < -0.3 is 4.62 Å². The van der Waals surface area contributed by atoms with Crippen molar-refractivity contribution < 1.29 is 9.19 Å². The summed E-state index contributed by atoms with van der Waals surface area (Å²) in [6.07, 6.45) is 0. The summed E-state index contributed by atoms with van der Waals surface area (Å²) < 4.78 is 19.4. The minimum atomic E-state index is -3.65. The van der Waals surface area contributed by atoms with E-state index in [1.165, 1.54) is 4.67 Å². The minimum Gasteiger partial charge on any atom is -0.311 e. The molecular weight excluding hydrogens is 380 g/mol. The highest BCUT2D eigenvalue weighted by Crippen LogP contribution is 2.42.